The molecule has 0 aliphatic carbocycles. The second-order valence-electron chi connectivity index (χ2n) is 10.6. The predicted octanol–water partition coefficient (Wildman–Crippen LogP) is 4.61. The van der Waals surface area contributed by atoms with Crippen LogP contribution in [0, 0.1) is 18.3 Å². The number of benzene rings is 1. The number of H-pyrrole nitrogens is 1. The van der Waals surface area contributed by atoms with Gasteiger partial charge in [-0.05, 0) is 30.7 Å². The van der Waals surface area contributed by atoms with E-state index in [2.05, 4.69) is 60.2 Å². The van der Waals surface area contributed by atoms with Crippen molar-refractivity contribution < 1.29 is 9.90 Å². The van der Waals surface area contributed by atoms with E-state index in [9.17, 15) is 9.90 Å². The highest BCUT2D eigenvalue weighted by Crippen LogP contribution is 2.31. The minimum absolute atomic E-state index is 0.0961. The summed E-state index contributed by atoms with van der Waals surface area (Å²) in [5.74, 6) is 1.67. The lowest BCUT2D eigenvalue weighted by molar-refractivity contribution is 0.0902. The van der Waals surface area contributed by atoms with E-state index in [-0.39, 0.29) is 11.5 Å². The van der Waals surface area contributed by atoms with Gasteiger partial charge in [0.05, 0.1) is 22.9 Å². The molecule has 3 heterocycles. The quantitative estimate of drug-likeness (QED) is 0.505. The predicted molar refractivity (Wildman–Crippen MR) is 135 cm³/mol. The third kappa shape index (κ3) is 5.08. The Labute approximate surface area is 200 Å². The highest BCUT2D eigenvalue weighted by Gasteiger charge is 2.34. The third-order valence-electron chi connectivity index (χ3n) is 6.28. The van der Waals surface area contributed by atoms with Gasteiger partial charge in [-0.2, -0.15) is 10.1 Å². The largest absolute Gasteiger partial charge is 0.465 e. The average Bonchev–Trinajstić information content (AvgIpc) is 3.16. The zero-order valence-electron chi connectivity index (χ0n) is 20.9. The van der Waals surface area contributed by atoms with Crippen LogP contribution < -0.4 is 10.2 Å². The topological polar surface area (TPSA) is 110 Å². The van der Waals surface area contributed by atoms with E-state index in [1.165, 1.54) is 0 Å². The van der Waals surface area contributed by atoms with Gasteiger partial charge in [-0.25, -0.2) is 9.78 Å². The summed E-state index contributed by atoms with van der Waals surface area (Å²) in [6.07, 6.45) is -0.0256. The molecule has 1 saturated heterocycles. The van der Waals surface area contributed by atoms with Crippen molar-refractivity contribution in [3.63, 3.8) is 0 Å². The number of aromatic nitrogens is 4. The van der Waals surface area contributed by atoms with Crippen LogP contribution in [0.3, 0.4) is 0 Å². The molecule has 4 rings (SSSR count). The first-order valence-corrected chi connectivity index (χ1v) is 11.8. The van der Waals surface area contributed by atoms with Crippen LogP contribution in [-0.2, 0) is 0 Å². The van der Waals surface area contributed by atoms with Crippen LogP contribution in [0.15, 0.2) is 24.3 Å². The first-order chi connectivity index (χ1) is 16.0. The van der Waals surface area contributed by atoms with Crippen molar-refractivity contribution in [2.24, 2.45) is 11.3 Å². The van der Waals surface area contributed by atoms with Gasteiger partial charge in [-0.3, -0.25) is 5.10 Å². The number of aromatic amines is 1. The van der Waals surface area contributed by atoms with Crippen molar-refractivity contribution in [2.45, 2.75) is 47.1 Å². The zero-order valence-corrected chi connectivity index (χ0v) is 20.9. The second kappa shape index (κ2) is 9.12. The summed E-state index contributed by atoms with van der Waals surface area (Å²) in [7, 11) is 1.81. The van der Waals surface area contributed by atoms with Crippen LogP contribution in [0.4, 0.5) is 16.6 Å². The molecule has 0 radical (unpaired) electrons. The number of carboxylic acid groups (broad SMARTS) is 1. The van der Waals surface area contributed by atoms with Gasteiger partial charge in [0.2, 0.25) is 5.95 Å². The Hall–Kier alpha value is -3.36. The SMILES string of the molecule is CNc1nc(-c2ccc3c(C)n[nH]c3c2)cc(N2C[C@H](C)C[C@@H](N(CC(C)(C)C)C(=O)O)C2)n1. The minimum atomic E-state index is -0.864. The fraction of sp³-hybridized carbons (Fsp3) is 0.520. The molecule has 2 atom stereocenters. The van der Waals surface area contributed by atoms with E-state index in [0.717, 1.165) is 46.6 Å². The molecule has 9 heteroatoms. The van der Waals surface area contributed by atoms with Crippen molar-refractivity contribution in [3.8, 4) is 11.3 Å². The average molecular weight is 466 g/mol. The van der Waals surface area contributed by atoms with Crippen LogP contribution in [0.5, 0.6) is 0 Å². The van der Waals surface area contributed by atoms with Crippen LogP contribution in [0.2, 0.25) is 0 Å². The van der Waals surface area contributed by atoms with Crippen molar-refractivity contribution >= 4 is 28.8 Å². The van der Waals surface area contributed by atoms with Crippen LogP contribution >= 0.6 is 0 Å². The summed E-state index contributed by atoms with van der Waals surface area (Å²) >= 11 is 0. The Morgan fingerprint density at radius 2 is 2.03 bits per heavy atom. The number of piperidine rings is 1. The van der Waals surface area contributed by atoms with Gasteiger partial charge in [0.15, 0.2) is 0 Å². The molecule has 9 nitrogen and oxygen atoms in total. The zero-order chi connectivity index (χ0) is 24.6. The highest BCUT2D eigenvalue weighted by atomic mass is 16.4. The maximum Gasteiger partial charge on any atom is 0.407 e. The number of rotatable bonds is 5. The summed E-state index contributed by atoms with van der Waals surface area (Å²) in [6.45, 7) is 12.3. The maximum absolute atomic E-state index is 12.1. The number of amides is 1. The van der Waals surface area contributed by atoms with Crippen LogP contribution in [-0.4, -0.2) is 69.0 Å². The monoisotopic (exact) mass is 465 g/mol. The Balaban J connectivity index is 1.67. The first-order valence-electron chi connectivity index (χ1n) is 11.8. The van der Waals surface area contributed by atoms with Gasteiger partial charge in [-0.15, -0.1) is 0 Å². The normalized spacial score (nSPS) is 18.8. The van der Waals surface area contributed by atoms with Crippen molar-refractivity contribution in [1.29, 1.82) is 0 Å². The van der Waals surface area contributed by atoms with Gasteiger partial charge < -0.3 is 20.2 Å². The van der Waals surface area contributed by atoms with E-state index in [1.54, 1.807) is 4.90 Å². The molecule has 1 amide bonds. The molecule has 0 spiro atoms. The molecular weight excluding hydrogens is 430 g/mol. The van der Waals surface area contributed by atoms with E-state index >= 15 is 0 Å². The van der Waals surface area contributed by atoms with Gasteiger partial charge in [-0.1, -0.05) is 39.8 Å². The first kappa shape index (κ1) is 23.8. The van der Waals surface area contributed by atoms with Gasteiger partial charge in [0, 0.05) is 43.7 Å². The Kier molecular flexibility index (Phi) is 6.38. The number of carbonyl (C=O) groups is 1. The number of aryl methyl sites for hydroxylation is 1. The van der Waals surface area contributed by atoms with Gasteiger partial charge >= 0.3 is 6.09 Å². The molecule has 2 aromatic heterocycles. The summed E-state index contributed by atoms with van der Waals surface area (Å²) in [4.78, 5) is 25.4. The number of hydrogen-bond acceptors (Lipinski definition) is 6. The van der Waals surface area contributed by atoms with E-state index < -0.39 is 6.09 Å². The molecule has 1 aliphatic heterocycles. The van der Waals surface area contributed by atoms with E-state index in [1.807, 2.05) is 26.1 Å². The molecule has 1 fully saturated rings. The van der Waals surface area contributed by atoms with Gasteiger partial charge in [0.25, 0.3) is 0 Å². The number of anilines is 2. The molecule has 0 bridgehead atoms. The molecule has 0 saturated carbocycles. The number of hydrogen-bond donors (Lipinski definition) is 3. The lowest BCUT2D eigenvalue weighted by Gasteiger charge is -2.43. The standard InChI is InChI=1S/C25H35N7O2/c1-15-9-18(32(24(33)34)14-25(3,4)5)13-31(12-15)22-11-20(27-23(26-6)28-22)17-7-8-19-16(2)29-30-21(19)10-17/h7-8,10-11,15,18H,9,12-14H2,1-6H3,(H,29,30)(H,33,34)(H,26,27,28)/t15-,18-/m1/s1. The third-order valence-corrected chi connectivity index (χ3v) is 6.28. The van der Waals surface area contributed by atoms with Crippen molar-refractivity contribution in [3.05, 3.63) is 30.0 Å². The molecule has 3 aromatic rings. The molecule has 0 unspecified atom stereocenters. The summed E-state index contributed by atoms with van der Waals surface area (Å²) in [5, 5.41) is 21.5. The fourth-order valence-electron chi connectivity index (χ4n) is 4.77. The molecule has 1 aromatic carbocycles. The molecule has 3 N–H and O–H groups in total. The summed E-state index contributed by atoms with van der Waals surface area (Å²) in [6, 6.07) is 8.06. The van der Waals surface area contributed by atoms with Crippen molar-refractivity contribution in [2.75, 3.05) is 36.9 Å². The molecule has 1 aliphatic rings. The minimum Gasteiger partial charge on any atom is -0.465 e. The number of nitrogens with one attached hydrogen (secondary N) is 2. The lowest BCUT2D eigenvalue weighted by atomic mass is 9.91. The second-order valence-corrected chi connectivity index (χ2v) is 10.6. The maximum atomic E-state index is 12.1. The van der Waals surface area contributed by atoms with Crippen LogP contribution in [0.25, 0.3) is 22.2 Å². The van der Waals surface area contributed by atoms with Crippen molar-refractivity contribution in [1.82, 2.24) is 25.1 Å². The molecule has 34 heavy (non-hydrogen) atoms. The number of nitrogens with zero attached hydrogens (tertiary/aromatic N) is 5. The van der Waals surface area contributed by atoms with Crippen LogP contribution in [0.1, 0.15) is 39.8 Å². The fourth-order valence-corrected chi connectivity index (χ4v) is 4.77. The Bertz CT molecular complexity index is 1180. The van der Waals surface area contributed by atoms with E-state index in [4.69, 9.17) is 9.97 Å². The molecular formula is C25H35N7O2. The molecule has 182 valence electrons. The lowest BCUT2D eigenvalue weighted by Crippen LogP contribution is -2.54. The summed E-state index contributed by atoms with van der Waals surface area (Å²) in [5.41, 5.74) is 3.59. The van der Waals surface area contributed by atoms with E-state index in [0.29, 0.717) is 25.0 Å². The smallest absolute Gasteiger partial charge is 0.407 e. The Morgan fingerprint density at radius 1 is 1.26 bits per heavy atom. The number of fused-ring (bicyclic) bond motifs is 1. The highest BCUT2D eigenvalue weighted by molar-refractivity contribution is 5.86. The summed E-state index contributed by atoms with van der Waals surface area (Å²) < 4.78 is 0. The Morgan fingerprint density at radius 3 is 2.71 bits per heavy atom. The van der Waals surface area contributed by atoms with Gasteiger partial charge in [0.1, 0.15) is 5.82 Å².